The second-order valence-electron chi connectivity index (χ2n) is 6.61. The van der Waals surface area contributed by atoms with Gasteiger partial charge in [-0.25, -0.2) is 0 Å². The van der Waals surface area contributed by atoms with Crippen LogP contribution in [-0.4, -0.2) is 28.7 Å². The van der Waals surface area contributed by atoms with Gasteiger partial charge in [-0.2, -0.15) is 0 Å². The molecule has 2 amide bonds. The van der Waals surface area contributed by atoms with Crippen molar-refractivity contribution in [1.29, 1.82) is 0 Å². The third kappa shape index (κ3) is 3.10. The van der Waals surface area contributed by atoms with Crippen LogP contribution in [0.15, 0.2) is 48.5 Å². The SMILES string of the molecule is CC(=O)c1ccc(NC(=O)Cn2c3c(c4ccccc42)C(=O)NCC3)cc1. The highest BCUT2D eigenvalue weighted by Gasteiger charge is 2.26. The summed E-state index contributed by atoms with van der Waals surface area (Å²) in [5.74, 6) is -0.289. The van der Waals surface area contributed by atoms with Gasteiger partial charge in [-0.1, -0.05) is 18.2 Å². The number of ketones is 1. The average molecular weight is 361 g/mol. The molecule has 2 aromatic carbocycles. The molecule has 0 fully saturated rings. The van der Waals surface area contributed by atoms with Crippen molar-refractivity contribution in [2.75, 3.05) is 11.9 Å². The van der Waals surface area contributed by atoms with Gasteiger partial charge in [0.15, 0.2) is 5.78 Å². The Kier molecular flexibility index (Phi) is 4.24. The Morgan fingerprint density at radius 2 is 1.85 bits per heavy atom. The first-order valence-corrected chi connectivity index (χ1v) is 8.84. The van der Waals surface area contributed by atoms with Crippen LogP contribution in [0.3, 0.4) is 0 Å². The fourth-order valence-electron chi connectivity index (χ4n) is 3.57. The van der Waals surface area contributed by atoms with E-state index < -0.39 is 0 Å². The van der Waals surface area contributed by atoms with Crippen molar-refractivity contribution in [3.05, 3.63) is 65.4 Å². The van der Waals surface area contributed by atoms with Gasteiger partial charge in [-0.3, -0.25) is 14.4 Å². The van der Waals surface area contributed by atoms with Crippen LogP contribution in [0.4, 0.5) is 5.69 Å². The second-order valence-corrected chi connectivity index (χ2v) is 6.61. The summed E-state index contributed by atoms with van der Waals surface area (Å²) < 4.78 is 1.92. The Balaban J connectivity index is 1.62. The largest absolute Gasteiger partial charge is 0.352 e. The number of rotatable bonds is 4. The molecule has 6 nitrogen and oxygen atoms in total. The number of nitrogens with zero attached hydrogens (tertiary/aromatic N) is 1. The van der Waals surface area contributed by atoms with Gasteiger partial charge in [0.05, 0.1) is 5.56 Å². The normalized spacial score (nSPS) is 13.1. The molecule has 0 saturated carbocycles. The number of benzene rings is 2. The molecule has 0 saturated heterocycles. The number of nitrogens with one attached hydrogen (secondary N) is 2. The maximum absolute atomic E-state index is 12.6. The van der Waals surface area contributed by atoms with E-state index in [1.807, 2.05) is 28.8 Å². The van der Waals surface area contributed by atoms with Crippen molar-refractivity contribution in [2.45, 2.75) is 19.9 Å². The third-order valence-corrected chi connectivity index (χ3v) is 4.83. The zero-order chi connectivity index (χ0) is 19.0. The highest BCUT2D eigenvalue weighted by atomic mass is 16.2. The fourth-order valence-corrected chi connectivity index (χ4v) is 3.57. The minimum Gasteiger partial charge on any atom is -0.352 e. The monoisotopic (exact) mass is 361 g/mol. The quantitative estimate of drug-likeness (QED) is 0.701. The van der Waals surface area contributed by atoms with E-state index in [0.29, 0.717) is 29.8 Å². The minimum absolute atomic E-state index is 0.0170. The van der Waals surface area contributed by atoms with Gasteiger partial charge >= 0.3 is 0 Å². The number of hydrogen-bond donors (Lipinski definition) is 2. The van der Waals surface area contributed by atoms with Crippen LogP contribution in [0.1, 0.15) is 33.3 Å². The summed E-state index contributed by atoms with van der Waals surface area (Å²) in [6, 6.07) is 14.4. The molecule has 4 rings (SSSR count). The molecule has 1 aromatic heterocycles. The molecule has 1 aliphatic rings. The smallest absolute Gasteiger partial charge is 0.253 e. The van der Waals surface area contributed by atoms with Crippen molar-refractivity contribution in [3.8, 4) is 0 Å². The first-order chi connectivity index (χ1) is 13.0. The minimum atomic E-state index is -0.180. The summed E-state index contributed by atoms with van der Waals surface area (Å²) in [4.78, 5) is 36.3. The standard InChI is InChI=1S/C21H19N3O3/c1-13(25)14-6-8-15(9-7-14)23-19(26)12-24-17-5-3-2-4-16(17)20-18(24)10-11-22-21(20)27/h2-9H,10-12H2,1H3,(H,22,27)(H,23,26). The molecule has 6 heteroatoms. The molecule has 0 radical (unpaired) electrons. The maximum atomic E-state index is 12.6. The molecule has 1 aliphatic heterocycles. The van der Waals surface area contributed by atoms with E-state index in [9.17, 15) is 14.4 Å². The van der Waals surface area contributed by atoms with Gasteiger partial charge in [0.1, 0.15) is 6.54 Å². The first kappa shape index (κ1) is 17.0. The molecule has 0 bridgehead atoms. The summed E-state index contributed by atoms with van der Waals surface area (Å²) >= 11 is 0. The van der Waals surface area contributed by atoms with Gasteiger partial charge in [0.2, 0.25) is 5.91 Å². The number of aromatic nitrogens is 1. The molecule has 0 unspecified atom stereocenters. The Hall–Kier alpha value is -3.41. The Labute approximate surface area is 156 Å². The predicted octanol–water partition coefficient (Wildman–Crippen LogP) is 2.77. The van der Waals surface area contributed by atoms with Gasteiger partial charge in [0, 0.05) is 40.8 Å². The lowest BCUT2D eigenvalue weighted by Gasteiger charge is -2.16. The third-order valence-electron chi connectivity index (χ3n) is 4.83. The van der Waals surface area contributed by atoms with E-state index in [2.05, 4.69) is 10.6 Å². The summed E-state index contributed by atoms with van der Waals surface area (Å²) in [5, 5.41) is 6.59. The van der Waals surface area contributed by atoms with Crippen molar-refractivity contribution in [1.82, 2.24) is 9.88 Å². The Bertz CT molecular complexity index is 1060. The number of carbonyl (C=O) groups is 3. The van der Waals surface area contributed by atoms with Crippen molar-refractivity contribution in [2.24, 2.45) is 0 Å². The van der Waals surface area contributed by atoms with Gasteiger partial charge in [-0.05, 0) is 37.3 Å². The van der Waals surface area contributed by atoms with Crippen LogP contribution in [0, 0.1) is 0 Å². The van der Waals surface area contributed by atoms with E-state index >= 15 is 0 Å². The topological polar surface area (TPSA) is 80.2 Å². The molecular formula is C21H19N3O3. The molecule has 2 heterocycles. The van der Waals surface area contributed by atoms with Crippen LogP contribution in [0.25, 0.3) is 10.9 Å². The number of carbonyl (C=O) groups excluding carboxylic acids is 3. The summed E-state index contributed by atoms with van der Waals surface area (Å²) in [6.45, 7) is 2.19. The predicted molar refractivity (Wildman–Crippen MR) is 103 cm³/mol. The number of amides is 2. The first-order valence-electron chi connectivity index (χ1n) is 8.84. The number of fused-ring (bicyclic) bond motifs is 3. The van der Waals surface area contributed by atoms with Crippen LogP contribution in [0.5, 0.6) is 0 Å². The van der Waals surface area contributed by atoms with Crippen LogP contribution in [0.2, 0.25) is 0 Å². The molecule has 2 N–H and O–H groups in total. The lowest BCUT2D eigenvalue weighted by Crippen LogP contribution is -2.33. The lowest BCUT2D eigenvalue weighted by atomic mass is 10.1. The van der Waals surface area contributed by atoms with Gasteiger partial charge < -0.3 is 15.2 Å². The van der Waals surface area contributed by atoms with E-state index in [1.165, 1.54) is 6.92 Å². The molecule has 0 aliphatic carbocycles. The zero-order valence-corrected chi connectivity index (χ0v) is 14.9. The van der Waals surface area contributed by atoms with Crippen molar-refractivity contribution >= 4 is 34.2 Å². The van der Waals surface area contributed by atoms with Gasteiger partial charge in [0.25, 0.3) is 5.91 Å². The maximum Gasteiger partial charge on any atom is 0.253 e. The zero-order valence-electron chi connectivity index (χ0n) is 14.9. The molecule has 0 atom stereocenters. The number of hydrogen-bond acceptors (Lipinski definition) is 3. The summed E-state index contributed by atoms with van der Waals surface area (Å²) in [7, 11) is 0. The van der Waals surface area contributed by atoms with Crippen LogP contribution >= 0.6 is 0 Å². The van der Waals surface area contributed by atoms with Crippen molar-refractivity contribution < 1.29 is 14.4 Å². The van der Waals surface area contributed by atoms with E-state index in [0.717, 1.165) is 16.6 Å². The van der Waals surface area contributed by atoms with E-state index in [1.54, 1.807) is 24.3 Å². The number of Topliss-reactive ketones (excluding diaryl/α,β-unsaturated/α-hetero) is 1. The second kappa shape index (κ2) is 6.72. The average Bonchev–Trinajstić information content (AvgIpc) is 2.97. The molecule has 0 spiro atoms. The highest BCUT2D eigenvalue weighted by Crippen LogP contribution is 2.28. The Morgan fingerprint density at radius 1 is 1.11 bits per heavy atom. The van der Waals surface area contributed by atoms with Crippen molar-refractivity contribution in [3.63, 3.8) is 0 Å². The van der Waals surface area contributed by atoms with Gasteiger partial charge in [-0.15, -0.1) is 0 Å². The lowest BCUT2D eigenvalue weighted by molar-refractivity contribution is -0.116. The van der Waals surface area contributed by atoms with Crippen LogP contribution in [-0.2, 0) is 17.8 Å². The molecular weight excluding hydrogens is 342 g/mol. The summed E-state index contributed by atoms with van der Waals surface area (Å²) in [6.07, 6.45) is 0.691. The van der Waals surface area contributed by atoms with Crippen LogP contribution < -0.4 is 10.6 Å². The molecule has 3 aromatic rings. The molecule has 136 valence electrons. The molecule has 27 heavy (non-hydrogen) atoms. The number of para-hydroxylation sites is 1. The summed E-state index contributed by atoms with van der Waals surface area (Å²) in [5.41, 5.74) is 3.66. The van der Waals surface area contributed by atoms with E-state index in [4.69, 9.17) is 0 Å². The fraction of sp³-hybridized carbons (Fsp3) is 0.190. The van der Waals surface area contributed by atoms with E-state index in [-0.39, 0.29) is 24.1 Å². The Morgan fingerprint density at radius 3 is 2.59 bits per heavy atom. The number of anilines is 1. The highest BCUT2D eigenvalue weighted by molar-refractivity contribution is 6.09.